The lowest BCUT2D eigenvalue weighted by molar-refractivity contribution is 0.701. The molecule has 0 bridgehead atoms. The van der Waals surface area contributed by atoms with Crippen molar-refractivity contribution >= 4 is 45.9 Å². The Morgan fingerprint density at radius 3 is 3.10 bits per heavy atom. The van der Waals surface area contributed by atoms with E-state index >= 15 is 0 Å². The lowest BCUT2D eigenvalue weighted by atomic mass is 9.97. The van der Waals surface area contributed by atoms with Gasteiger partial charge in [0.05, 0.1) is 11.7 Å². The maximum absolute atomic E-state index is 4.68. The summed E-state index contributed by atoms with van der Waals surface area (Å²) in [5.74, 6) is 0.667. The topological polar surface area (TPSA) is 25.8 Å². The molecule has 2 atom stereocenters. The zero-order chi connectivity index (χ0) is 13.6. The van der Waals surface area contributed by atoms with Gasteiger partial charge in [-0.05, 0) is 57.9 Å². The number of rotatable bonds is 0. The Hall–Kier alpha value is -1.17. The Labute approximate surface area is 134 Å². The first kappa shape index (κ1) is 11.4. The van der Waals surface area contributed by atoms with Gasteiger partial charge in [-0.25, -0.2) is 0 Å². The van der Waals surface area contributed by atoms with Gasteiger partial charge in [0.1, 0.15) is 11.0 Å². The Morgan fingerprint density at radius 2 is 2.10 bits per heavy atom. The molecule has 2 unspecified atom stereocenters. The second-order valence-electron chi connectivity index (χ2n) is 5.91. The number of hydrogen-bond acceptors (Lipinski definition) is 5. The fraction of sp³-hybridized carbons (Fsp3) is 0.250. The van der Waals surface area contributed by atoms with Gasteiger partial charge in [-0.15, -0.1) is 23.1 Å². The second kappa shape index (κ2) is 3.77. The van der Waals surface area contributed by atoms with Crippen molar-refractivity contribution in [3.8, 4) is 10.4 Å². The SMILES string of the molecule is C1=CC2Cc3c4c(c5nsnc5c3C2S1)-c1sccc1C4. The number of nitrogens with zero attached hydrogens (tertiary/aromatic N) is 2. The van der Waals surface area contributed by atoms with Gasteiger partial charge >= 0.3 is 0 Å². The highest BCUT2D eigenvalue weighted by atomic mass is 32.2. The van der Waals surface area contributed by atoms with Crippen LogP contribution in [0.25, 0.3) is 21.5 Å². The van der Waals surface area contributed by atoms with Crippen LogP contribution in [0.15, 0.2) is 22.9 Å². The summed E-state index contributed by atoms with van der Waals surface area (Å²) >= 11 is 5.19. The number of allylic oxidation sites excluding steroid dienone is 1. The Kier molecular flexibility index (Phi) is 2.05. The summed E-state index contributed by atoms with van der Waals surface area (Å²) in [5, 5.41) is 5.06. The van der Waals surface area contributed by atoms with E-state index < -0.39 is 0 Å². The van der Waals surface area contributed by atoms with E-state index in [2.05, 4.69) is 31.7 Å². The number of thiophene rings is 1. The molecule has 1 aliphatic heterocycles. The van der Waals surface area contributed by atoms with Gasteiger partial charge in [-0.2, -0.15) is 8.75 Å². The van der Waals surface area contributed by atoms with Gasteiger partial charge in [-0.3, -0.25) is 0 Å². The first-order valence-electron chi connectivity index (χ1n) is 7.10. The van der Waals surface area contributed by atoms with E-state index in [0.717, 1.165) is 11.9 Å². The molecule has 21 heavy (non-hydrogen) atoms. The maximum Gasteiger partial charge on any atom is 0.114 e. The van der Waals surface area contributed by atoms with Crippen LogP contribution in [-0.2, 0) is 12.8 Å². The van der Waals surface area contributed by atoms with Gasteiger partial charge in [0, 0.05) is 15.7 Å². The van der Waals surface area contributed by atoms with Crippen LogP contribution in [0.4, 0.5) is 0 Å². The number of fused-ring (bicyclic) bond motifs is 10. The van der Waals surface area contributed by atoms with E-state index in [0.29, 0.717) is 11.2 Å². The molecule has 2 nitrogen and oxygen atoms in total. The lowest BCUT2D eigenvalue weighted by Gasteiger charge is -2.12. The number of thioether (sulfide) groups is 1. The average molecular weight is 326 g/mol. The first-order valence-corrected chi connectivity index (χ1v) is 9.66. The van der Waals surface area contributed by atoms with Crippen molar-refractivity contribution in [1.82, 2.24) is 8.75 Å². The standard InChI is InChI=1S/C16H10N2S3/c1-3-19-15-7(1)5-9-10-6-8-2-4-20-16(8)12(10)14-13(11(9)15)17-21-18-14/h1-4,7,15H,5-6H2. The summed E-state index contributed by atoms with van der Waals surface area (Å²) in [5.41, 5.74) is 9.85. The molecule has 0 saturated carbocycles. The van der Waals surface area contributed by atoms with Crippen LogP contribution in [0, 0.1) is 5.92 Å². The number of benzene rings is 1. The summed E-state index contributed by atoms with van der Waals surface area (Å²) in [6.45, 7) is 0. The van der Waals surface area contributed by atoms with Crippen molar-refractivity contribution in [2.75, 3.05) is 0 Å². The smallest absolute Gasteiger partial charge is 0.114 e. The van der Waals surface area contributed by atoms with E-state index in [9.17, 15) is 0 Å². The van der Waals surface area contributed by atoms with E-state index in [1.807, 2.05) is 23.1 Å². The fourth-order valence-electron chi connectivity index (χ4n) is 4.12. The van der Waals surface area contributed by atoms with Crippen molar-refractivity contribution in [2.45, 2.75) is 18.1 Å². The normalized spacial score (nSPS) is 24.4. The van der Waals surface area contributed by atoms with Gasteiger partial charge in [0.25, 0.3) is 0 Å². The molecule has 6 rings (SSSR count). The predicted octanol–water partition coefficient (Wildman–Crippen LogP) is 4.80. The molecule has 102 valence electrons. The highest BCUT2D eigenvalue weighted by Crippen LogP contribution is 2.57. The zero-order valence-electron chi connectivity index (χ0n) is 11.0. The first-order chi connectivity index (χ1) is 10.4. The molecule has 3 heterocycles. The molecule has 0 amide bonds. The molecule has 0 radical (unpaired) electrons. The summed E-state index contributed by atoms with van der Waals surface area (Å²) in [6.07, 6.45) is 4.67. The van der Waals surface area contributed by atoms with Crippen LogP contribution in [0.5, 0.6) is 0 Å². The average Bonchev–Trinajstić information content (AvgIpc) is 3.22. The van der Waals surface area contributed by atoms with Crippen molar-refractivity contribution < 1.29 is 0 Å². The van der Waals surface area contributed by atoms with Crippen molar-refractivity contribution in [3.05, 3.63) is 45.2 Å². The second-order valence-corrected chi connectivity index (χ2v) is 8.41. The van der Waals surface area contributed by atoms with Crippen LogP contribution < -0.4 is 0 Å². The predicted molar refractivity (Wildman–Crippen MR) is 90.2 cm³/mol. The zero-order valence-corrected chi connectivity index (χ0v) is 13.4. The van der Waals surface area contributed by atoms with Gasteiger partial charge in [0.2, 0.25) is 0 Å². The van der Waals surface area contributed by atoms with E-state index in [4.69, 9.17) is 0 Å². The Morgan fingerprint density at radius 1 is 1.14 bits per heavy atom. The molecular weight excluding hydrogens is 316 g/mol. The van der Waals surface area contributed by atoms with E-state index in [1.165, 1.54) is 45.2 Å². The molecule has 0 saturated heterocycles. The molecule has 3 aliphatic rings. The van der Waals surface area contributed by atoms with Gasteiger partial charge in [0.15, 0.2) is 0 Å². The third-order valence-electron chi connectivity index (χ3n) is 4.98. The fourth-order valence-corrected chi connectivity index (χ4v) is 6.92. The Balaban J connectivity index is 1.77. The van der Waals surface area contributed by atoms with Gasteiger partial charge in [-0.1, -0.05) is 6.08 Å². The monoisotopic (exact) mass is 326 g/mol. The number of hydrogen-bond donors (Lipinski definition) is 0. The minimum Gasteiger partial charge on any atom is -0.173 e. The summed E-state index contributed by atoms with van der Waals surface area (Å²) in [6, 6.07) is 2.28. The molecule has 0 N–H and O–H groups in total. The summed E-state index contributed by atoms with van der Waals surface area (Å²) in [7, 11) is 0. The maximum atomic E-state index is 4.68. The lowest BCUT2D eigenvalue weighted by Crippen LogP contribution is -1.96. The summed E-state index contributed by atoms with van der Waals surface area (Å²) in [4.78, 5) is 1.44. The minimum absolute atomic E-state index is 0.579. The molecule has 0 spiro atoms. The number of aromatic nitrogens is 2. The molecule has 1 aromatic carbocycles. The molecular formula is C16H10N2S3. The van der Waals surface area contributed by atoms with Crippen LogP contribution in [0.1, 0.15) is 27.5 Å². The quantitative estimate of drug-likeness (QED) is 0.464. The molecule has 0 fully saturated rings. The third kappa shape index (κ3) is 1.27. The van der Waals surface area contributed by atoms with Crippen molar-refractivity contribution in [3.63, 3.8) is 0 Å². The molecule has 2 aromatic heterocycles. The summed E-state index contributed by atoms with van der Waals surface area (Å²) < 4.78 is 9.35. The highest BCUT2D eigenvalue weighted by Gasteiger charge is 2.40. The minimum atomic E-state index is 0.579. The highest BCUT2D eigenvalue weighted by molar-refractivity contribution is 8.02. The van der Waals surface area contributed by atoms with Crippen LogP contribution in [0.3, 0.4) is 0 Å². The van der Waals surface area contributed by atoms with E-state index in [1.54, 1.807) is 11.1 Å². The van der Waals surface area contributed by atoms with Crippen LogP contribution >= 0.6 is 34.8 Å². The van der Waals surface area contributed by atoms with Gasteiger partial charge < -0.3 is 0 Å². The van der Waals surface area contributed by atoms with Crippen LogP contribution in [-0.4, -0.2) is 8.75 Å². The molecule has 5 heteroatoms. The third-order valence-corrected chi connectivity index (χ3v) is 7.67. The molecule has 2 aliphatic carbocycles. The molecule has 3 aromatic rings. The van der Waals surface area contributed by atoms with E-state index in [-0.39, 0.29) is 0 Å². The van der Waals surface area contributed by atoms with Crippen LogP contribution in [0.2, 0.25) is 0 Å². The van der Waals surface area contributed by atoms with Crippen molar-refractivity contribution in [1.29, 1.82) is 0 Å². The largest absolute Gasteiger partial charge is 0.173 e. The Bertz CT molecular complexity index is 950. The van der Waals surface area contributed by atoms with Crippen molar-refractivity contribution in [2.24, 2.45) is 5.92 Å².